The van der Waals surface area contributed by atoms with Gasteiger partial charge in [0, 0.05) is 12.1 Å². The van der Waals surface area contributed by atoms with Gasteiger partial charge in [-0.05, 0) is 46.6 Å². The first-order valence-corrected chi connectivity index (χ1v) is 6.71. The normalized spacial score (nSPS) is 11.8. The smallest absolute Gasteiger partial charge is 0.147 e. The van der Waals surface area contributed by atoms with Crippen molar-refractivity contribution < 1.29 is 8.78 Å². The molecule has 0 spiro atoms. The highest BCUT2D eigenvalue weighted by atomic mass is 79.9. The maximum atomic E-state index is 13.7. The molecule has 2 aromatic carbocycles. The molecular formula is C15H11BrF2N2. The SMILES string of the molecule is CC(Nc1cc(F)c(Br)cc1F)c1cccc(C#N)c1. The lowest BCUT2D eigenvalue weighted by atomic mass is 10.1. The summed E-state index contributed by atoms with van der Waals surface area (Å²) in [6, 6.07) is 11.0. The summed E-state index contributed by atoms with van der Waals surface area (Å²) in [4.78, 5) is 0. The molecule has 0 aliphatic heterocycles. The average molecular weight is 337 g/mol. The molecule has 1 N–H and O–H groups in total. The minimum atomic E-state index is -0.540. The molecule has 20 heavy (non-hydrogen) atoms. The molecule has 0 bridgehead atoms. The Kier molecular flexibility index (Phi) is 4.35. The van der Waals surface area contributed by atoms with Gasteiger partial charge in [-0.15, -0.1) is 0 Å². The van der Waals surface area contributed by atoms with Crippen LogP contribution in [0.1, 0.15) is 24.1 Å². The van der Waals surface area contributed by atoms with Crippen molar-refractivity contribution in [3.63, 3.8) is 0 Å². The number of nitriles is 1. The van der Waals surface area contributed by atoms with E-state index >= 15 is 0 Å². The molecule has 0 aliphatic carbocycles. The van der Waals surface area contributed by atoms with E-state index in [4.69, 9.17) is 5.26 Å². The maximum absolute atomic E-state index is 13.7. The van der Waals surface area contributed by atoms with Crippen molar-refractivity contribution in [2.24, 2.45) is 0 Å². The van der Waals surface area contributed by atoms with Crippen molar-refractivity contribution in [2.75, 3.05) is 5.32 Å². The van der Waals surface area contributed by atoms with Crippen molar-refractivity contribution in [1.82, 2.24) is 0 Å². The Morgan fingerprint density at radius 2 is 1.95 bits per heavy atom. The molecule has 0 fully saturated rings. The van der Waals surface area contributed by atoms with Crippen molar-refractivity contribution >= 4 is 21.6 Å². The van der Waals surface area contributed by atoms with Crippen LogP contribution in [0.2, 0.25) is 0 Å². The maximum Gasteiger partial charge on any atom is 0.147 e. The van der Waals surface area contributed by atoms with Crippen LogP contribution >= 0.6 is 15.9 Å². The number of anilines is 1. The van der Waals surface area contributed by atoms with E-state index in [1.807, 2.05) is 19.1 Å². The number of nitrogens with zero attached hydrogens (tertiary/aromatic N) is 1. The Labute approximate surface area is 124 Å². The van der Waals surface area contributed by atoms with Crippen molar-refractivity contribution in [3.05, 3.63) is 63.6 Å². The molecule has 5 heteroatoms. The number of rotatable bonds is 3. The van der Waals surface area contributed by atoms with E-state index in [0.29, 0.717) is 5.56 Å². The molecule has 0 aromatic heterocycles. The first kappa shape index (κ1) is 14.5. The molecule has 2 aromatic rings. The van der Waals surface area contributed by atoms with Crippen LogP contribution < -0.4 is 5.32 Å². The zero-order chi connectivity index (χ0) is 14.7. The van der Waals surface area contributed by atoms with Crippen LogP contribution in [0.25, 0.3) is 0 Å². The summed E-state index contributed by atoms with van der Waals surface area (Å²) in [5, 5.41) is 11.8. The van der Waals surface area contributed by atoms with Gasteiger partial charge in [0.25, 0.3) is 0 Å². The van der Waals surface area contributed by atoms with E-state index in [-0.39, 0.29) is 16.2 Å². The standard InChI is InChI=1S/C15H11BrF2N2/c1-9(11-4-2-3-10(5-11)8-19)20-15-7-13(17)12(16)6-14(15)18/h2-7,9,20H,1H3. The molecule has 2 rings (SSSR count). The Hall–Kier alpha value is -1.93. The fourth-order valence-electron chi connectivity index (χ4n) is 1.83. The molecule has 0 radical (unpaired) electrons. The van der Waals surface area contributed by atoms with E-state index in [9.17, 15) is 8.78 Å². The molecule has 102 valence electrons. The van der Waals surface area contributed by atoms with Gasteiger partial charge in [-0.1, -0.05) is 12.1 Å². The Morgan fingerprint density at radius 1 is 1.20 bits per heavy atom. The number of halogens is 3. The summed E-state index contributed by atoms with van der Waals surface area (Å²) in [5.41, 5.74) is 1.44. The highest BCUT2D eigenvalue weighted by molar-refractivity contribution is 9.10. The number of hydrogen-bond acceptors (Lipinski definition) is 2. The summed E-state index contributed by atoms with van der Waals surface area (Å²) >= 11 is 2.93. The van der Waals surface area contributed by atoms with Gasteiger partial charge in [0.15, 0.2) is 0 Å². The van der Waals surface area contributed by atoms with E-state index in [2.05, 4.69) is 21.2 Å². The quantitative estimate of drug-likeness (QED) is 0.819. The predicted molar refractivity (Wildman–Crippen MR) is 77.3 cm³/mol. The van der Waals surface area contributed by atoms with Crippen LogP contribution in [0.3, 0.4) is 0 Å². The lowest BCUT2D eigenvalue weighted by molar-refractivity contribution is 0.595. The summed E-state index contributed by atoms with van der Waals surface area (Å²) in [7, 11) is 0. The minimum absolute atomic E-state index is 0.0830. The van der Waals surface area contributed by atoms with Gasteiger partial charge >= 0.3 is 0 Å². The molecule has 1 atom stereocenters. The van der Waals surface area contributed by atoms with Crippen LogP contribution in [-0.4, -0.2) is 0 Å². The van der Waals surface area contributed by atoms with E-state index in [0.717, 1.165) is 17.7 Å². The first-order valence-electron chi connectivity index (χ1n) is 5.92. The Bertz CT molecular complexity index is 680. The largest absolute Gasteiger partial charge is 0.376 e. The second-order valence-electron chi connectivity index (χ2n) is 4.35. The Morgan fingerprint density at radius 3 is 2.65 bits per heavy atom. The fraction of sp³-hybridized carbons (Fsp3) is 0.133. The van der Waals surface area contributed by atoms with Crippen LogP contribution in [0.5, 0.6) is 0 Å². The van der Waals surface area contributed by atoms with E-state index in [1.54, 1.807) is 18.2 Å². The van der Waals surface area contributed by atoms with Gasteiger partial charge < -0.3 is 5.32 Å². The highest BCUT2D eigenvalue weighted by Gasteiger charge is 2.12. The molecule has 0 amide bonds. The van der Waals surface area contributed by atoms with Gasteiger partial charge in [-0.2, -0.15) is 5.26 Å². The predicted octanol–water partition coefficient (Wildman–Crippen LogP) is 4.77. The summed E-state index contributed by atoms with van der Waals surface area (Å²) < 4.78 is 27.3. The lowest BCUT2D eigenvalue weighted by Gasteiger charge is -2.17. The van der Waals surface area contributed by atoms with Gasteiger partial charge in [-0.3, -0.25) is 0 Å². The molecule has 1 unspecified atom stereocenters. The second-order valence-corrected chi connectivity index (χ2v) is 5.20. The zero-order valence-corrected chi connectivity index (χ0v) is 12.2. The topological polar surface area (TPSA) is 35.8 Å². The third kappa shape index (κ3) is 3.14. The molecule has 0 heterocycles. The second kappa shape index (κ2) is 6.02. The minimum Gasteiger partial charge on any atom is -0.376 e. The summed E-state index contributed by atoms with van der Waals surface area (Å²) in [6.07, 6.45) is 0. The Balaban J connectivity index is 2.25. The molecule has 0 aliphatic rings. The average Bonchev–Trinajstić information content (AvgIpc) is 2.44. The molecular weight excluding hydrogens is 326 g/mol. The van der Waals surface area contributed by atoms with Crippen LogP contribution in [0, 0.1) is 23.0 Å². The molecule has 0 saturated carbocycles. The number of benzene rings is 2. The van der Waals surface area contributed by atoms with Gasteiger partial charge in [0.1, 0.15) is 11.6 Å². The zero-order valence-electron chi connectivity index (χ0n) is 10.6. The van der Waals surface area contributed by atoms with Crippen molar-refractivity contribution in [1.29, 1.82) is 5.26 Å². The van der Waals surface area contributed by atoms with Gasteiger partial charge in [0.05, 0.1) is 21.8 Å². The third-order valence-electron chi connectivity index (χ3n) is 2.90. The van der Waals surface area contributed by atoms with Gasteiger partial charge in [0.2, 0.25) is 0 Å². The van der Waals surface area contributed by atoms with E-state index in [1.165, 1.54) is 0 Å². The highest BCUT2D eigenvalue weighted by Crippen LogP contribution is 2.26. The number of nitrogens with one attached hydrogen (secondary N) is 1. The van der Waals surface area contributed by atoms with Gasteiger partial charge in [-0.25, -0.2) is 8.78 Å². The van der Waals surface area contributed by atoms with Crippen molar-refractivity contribution in [2.45, 2.75) is 13.0 Å². The van der Waals surface area contributed by atoms with E-state index < -0.39 is 11.6 Å². The van der Waals surface area contributed by atoms with Crippen LogP contribution in [0.15, 0.2) is 40.9 Å². The van der Waals surface area contributed by atoms with Crippen LogP contribution in [0.4, 0.5) is 14.5 Å². The number of hydrogen-bond donors (Lipinski definition) is 1. The molecule has 2 nitrogen and oxygen atoms in total. The third-order valence-corrected chi connectivity index (χ3v) is 3.51. The summed E-state index contributed by atoms with van der Waals surface area (Å²) in [6.45, 7) is 1.82. The summed E-state index contributed by atoms with van der Waals surface area (Å²) in [5.74, 6) is -1.08. The lowest BCUT2D eigenvalue weighted by Crippen LogP contribution is -2.08. The molecule has 0 saturated heterocycles. The first-order chi connectivity index (χ1) is 9.51. The van der Waals surface area contributed by atoms with Crippen LogP contribution in [-0.2, 0) is 0 Å². The monoisotopic (exact) mass is 336 g/mol. The van der Waals surface area contributed by atoms with Crippen molar-refractivity contribution in [3.8, 4) is 6.07 Å². The fourth-order valence-corrected chi connectivity index (χ4v) is 2.14.